The summed E-state index contributed by atoms with van der Waals surface area (Å²) in [6.45, 7) is 0.922. The van der Waals surface area contributed by atoms with E-state index in [9.17, 15) is 5.11 Å². The van der Waals surface area contributed by atoms with Gasteiger partial charge in [0.15, 0.2) is 6.29 Å². The van der Waals surface area contributed by atoms with Crippen LogP contribution in [0.4, 0.5) is 0 Å². The highest BCUT2D eigenvalue weighted by Crippen LogP contribution is 2.18. The summed E-state index contributed by atoms with van der Waals surface area (Å²) in [7, 11) is 3.32. The fourth-order valence-electron chi connectivity index (χ4n) is 2.24. The van der Waals surface area contributed by atoms with Crippen LogP contribution in [-0.4, -0.2) is 44.3 Å². The maximum Gasteiger partial charge on any atom is 0.156 e. The molecule has 0 saturated heterocycles. The molecule has 96 valence electrons. The molecule has 4 heteroatoms. The normalized spacial score (nSPS) is 26.2. The van der Waals surface area contributed by atoms with Crippen LogP contribution in [0.15, 0.2) is 0 Å². The Bertz CT molecular complexity index is 174. The minimum absolute atomic E-state index is 0.0990. The summed E-state index contributed by atoms with van der Waals surface area (Å²) in [5.74, 6) is 0. The first-order valence-electron chi connectivity index (χ1n) is 6.25. The number of methoxy groups -OCH3 is 2. The Morgan fingerprint density at radius 3 is 2.56 bits per heavy atom. The number of nitrogens with one attached hydrogen (secondary N) is 1. The topological polar surface area (TPSA) is 50.7 Å². The Hall–Kier alpha value is -0.160. The number of hydrogen-bond donors (Lipinski definition) is 2. The van der Waals surface area contributed by atoms with Gasteiger partial charge in [-0.2, -0.15) is 0 Å². The van der Waals surface area contributed by atoms with E-state index in [-0.39, 0.29) is 18.4 Å². The minimum Gasteiger partial charge on any atom is -0.392 e. The van der Waals surface area contributed by atoms with Crippen LogP contribution >= 0.6 is 0 Å². The van der Waals surface area contributed by atoms with E-state index in [1.807, 2.05) is 0 Å². The number of ether oxygens (including phenoxy) is 2. The third-order valence-electron chi connectivity index (χ3n) is 3.28. The maximum absolute atomic E-state index is 9.76. The van der Waals surface area contributed by atoms with Crippen molar-refractivity contribution in [1.29, 1.82) is 0 Å². The number of aliphatic hydroxyl groups is 1. The molecule has 0 aromatic carbocycles. The van der Waals surface area contributed by atoms with E-state index in [2.05, 4.69) is 5.32 Å². The van der Waals surface area contributed by atoms with Crippen molar-refractivity contribution in [3.8, 4) is 0 Å². The van der Waals surface area contributed by atoms with Gasteiger partial charge in [0.2, 0.25) is 0 Å². The van der Waals surface area contributed by atoms with Gasteiger partial charge in [-0.25, -0.2) is 0 Å². The fourth-order valence-corrected chi connectivity index (χ4v) is 2.24. The van der Waals surface area contributed by atoms with Crippen molar-refractivity contribution in [3.05, 3.63) is 0 Å². The highest BCUT2D eigenvalue weighted by molar-refractivity contribution is 4.80. The second-order valence-corrected chi connectivity index (χ2v) is 4.46. The molecular formula is C12H25NO3. The molecule has 0 unspecified atom stereocenters. The summed E-state index contributed by atoms with van der Waals surface area (Å²) in [6.07, 6.45) is 6.07. The van der Waals surface area contributed by atoms with Gasteiger partial charge in [0.05, 0.1) is 6.10 Å². The van der Waals surface area contributed by atoms with E-state index in [0.29, 0.717) is 0 Å². The molecule has 0 heterocycles. The molecule has 0 spiro atoms. The molecule has 0 amide bonds. The highest BCUT2D eigenvalue weighted by atomic mass is 16.7. The van der Waals surface area contributed by atoms with Gasteiger partial charge >= 0.3 is 0 Å². The summed E-state index contributed by atoms with van der Waals surface area (Å²) in [4.78, 5) is 0. The standard InChI is InChI=1S/C12H25NO3/c1-15-12(16-2)8-5-9-13-10-6-3-4-7-11(10)14/h10-14H,3-9H2,1-2H3/t10-,11-/m0/s1. The van der Waals surface area contributed by atoms with Crippen molar-refractivity contribution in [2.45, 2.75) is 57.0 Å². The maximum atomic E-state index is 9.76. The Labute approximate surface area is 98.3 Å². The zero-order valence-electron chi connectivity index (χ0n) is 10.4. The van der Waals surface area contributed by atoms with Gasteiger partial charge in [0.1, 0.15) is 0 Å². The zero-order valence-corrected chi connectivity index (χ0v) is 10.4. The zero-order chi connectivity index (χ0) is 11.8. The van der Waals surface area contributed by atoms with Crippen LogP contribution in [0.1, 0.15) is 38.5 Å². The van der Waals surface area contributed by atoms with Gasteiger partial charge in [0.25, 0.3) is 0 Å². The molecule has 2 N–H and O–H groups in total. The first-order valence-corrected chi connectivity index (χ1v) is 6.25. The average Bonchev–Trinajstić information content (AvgIpc) is 2.31. The summed E-state index contributed by atoms with van der Waals surface area (Å²) in [5, 5.41) is 13.2. The fraction of sp³-hybridized carbons (Fsp3) is 1.00. The molecule has 1 fully saturated rings. The van der Waals surface area contributed by atoms with Crippen LogP contribution in [0.5, 0.6) is 0 Å². The van der Waals surface area contributed by atoms with Gasteiger partial charge < -0.3 is 19.9 Å². The second kappa shape index (κ2) is 8.01. The molecule has 1 rings (SSSR count). The quantitative estimate of drug-likeness (QED) is 0.512. The SMILES string of the molecule is COC(CCCN[C@H]1CCCC[C@@H]1O)OC. The molecule has 0 aromatic heterocycles. The van der Waals surface area contributed by atoms with Gasteiger partial charge in [-0.15, -0.1) is 0 Å². The Balaban J connectivity index is 2.05. The lowest BCUT2D eigenvalue weighted by Gasteiger charge is -2.28. The lowest BCUT2D eigenvalue weighted by molar-refractivity contribution is -0.106. The van der Waals surface area contributed by atoms with Crippen LogP contribution in [-0.2, 0) is 9.47 Å². The number of aliphatic hydroxyl groups excluding tert-OH is 1. The molecule has 0 aliphatic heterocycles. The van der Waals surface area contributed by atoms with Gasteiger partial charge in [-0.3, -0.25) is 0 Å². The molecule has 16 heavy (non-hydrogen) atoms. The lowest BCUT2D eigenvalue weighted by Crippen LogP contribution is -2.42. The molecular weight excluding hydrogens is 206 g/mol. The monoisotopic (exact) mass is 231 g/mol. The van der Waals surface area contributed by atoms with E-state index in [1.54, 1.807) is 14.2 Å². The van der Waals surface area contributed by atoms with Crippen molar-refractivity contribution in [3.63, 3.8) is 0 Å². The largest absolute Gasteiger partial charge is 0.392 e. The Morgan fingerprint density at radius 2 is 1.94 bits per heavy atom. The smallest absolute Gasteiger partial charge is 0.156 e. The van der Waals surface area contributed by atoms with Gasteiger partial charge in [-0.05, 0) is 32.2 Å². The van der Waals surface area contributed by atoms with E-state index < -0.39 is 0 Å². The summed E-state index contributed by atoms with van der Waals surface area (Å²) in [5.41, 5.74) is 0. The van der Waals surface area contributed by atoms with Crippen molar-refractivity contribution in [1.82, 2.24) is 5.32 Å². The van der Waals surface area contributed by atoms with Crippen LogP contribution in [0.3, 0.4) is 0 Å². The minimum atomic E-state index is -0.158. The van der Waals surface area contributed by atoms with Crippen molar-refractivity contribution in [2.24, 2.45) is 0 Å². The third-order valence-corrected chi connectivity index (χ3v) is 3.28. The predicted molar refractivity (Wildman–Crippen MR) is 63.3 cm³/mol. The molecule has 1 aliphatic rings. The van der Waals surface area contributed by atoms with Crippen LogP contribution in [0, 0.1) is 0 Å². The second-order valence-electron chi connectivity index (χ2n) is 4.46. The van der Waals surface area contributed by atoms with E-state index in [1.165, 1.54) is 6.42 Å². The average molecular weight is 231 g/mol. The van der Waals surface area contributed by atoms with Crippen LogP contribution in [0.25, 0.3) is 0 Å². The Kier molecular flexibility index (Phi) is 6.96. The van der Waals surface area contributed by atoms with Crippen LogP contribution in [0.2, 0.25) is 0 Å². The van der Waals surface area contributed by atoms with Crippen LogP contribution < -0.4 is 5.32 Å². The van der Waals surface area contributed by atoms with Gasteiger partial charge in [0, 0.05) is 20.3 Å². The third kappa shape index (κ3) is 4.78. The highest BCUT2D eigenvalue weighted by Gasteiger charge is 2.21. The molecule has 0 bridgehead atoms. The van der Waals surface area contributed by atoms with E-state index in [4.69, 9.17) is 9.47 Å². The van der Waals surface area contributed by atoms with Crippen molar-refractivity contribution < 1.29 is 14.6 Å². The first-order chi connectivity index (χ1) is 7.77. The molecule has 0 aromatic rings. The molecule has 1 saturated carbocycles. The summed E-state index contributed by atoms with van der Waals surface area (Å²) < 4.78 is 10.2. The van der Waals surface area contributed by atoms with Crippen molar-refractivity contribution in [2.75, 3.05) is 20.8 Å². The number of hydrogen-bond acceptors (Lipinski definition) is 4. The summed E-state index contributed by atoms with van der Waals surface area (Å²) in [6, 6.07) is 0.289. The van der Waals surface area contributed by atoms with E-state index in [0.717, 1.165) is 38.6 Å². The molecule has 0 radical (unpaired) electrons. The molecule has 1 aliphatic carbocycles. The lowest BCUT2D eigenvalue weighted by atomic mass is 9.92. The summed E-state index contributed by atoms with van der Waals surface area (Å²) >= 11 is 0. The van der Waals surface area contributed by atoms with E-state index >= 15 is 0 Å². The Morgan fingerprint density at radius 1 is 1.25 bits per heavy atom. The number of rotatable bonds is 7. The first kappa shape index (κ1) is 13.9. The molecule has 4 nitrogen and oxygen atoms in total. The molecule has 2 atom stereocenters. The van der Waals surface area contributed by atoms with Gasteiger partial charge in [-0.1, -0.05) is 12.8 Å². The predicted octanol–water partition coefficient (Wildman–Crippen LogP) is 1.28. The van der Waals surface area contributed by atoms with Crippen molar-refractivity contribution >= 4 is 0 Å².